The minimum absolute atomic E-state index is 0.0234. The Balaban J connectivity index is 2.04. The molecule has 1 aliphatic heterocycles. The molecule has 3 rings (SSSR count). The third-order valence-electron chi connectivity index (χ3n) is 3.94. The lowest BCUT2D eigenvalue weighted by Gasteiger charge is -2.29. The summed E-state index contributed by atoms with van der Waals surface area (Å²) in [5.41, 5.74) is -1.51. The van der Waals surface area contributed by atoms with Crippen LogP contribution in [0.25, 0.3) is 11.0 Å². The number of aromatic amines is 2. The van der Waals surface area contributed by atoms with Crippen LogP contribution in [-0.2, 0) is 14.8 Å². The van der Waals surface area contributed by atoms with Gasteiger partial charge in [-0.2, -0.15) is 4.31 Å². The number of carbonyl (C=O) groups is 1. The number of fused-ring (bicyclic) bond motifs is 1. The molecule has 0 bridgehead atoms. The number of nitrogens with zero attached hydrogens (tertiary/aromatic N) is 2. The molecule has 1 saturated heterocycles. The van der Waals surface area contributed by atoms with Gasteiger partial charge in [-0.15, -0.1) is 0 Å². The van der Waals surface area contributed by atoms with Gasteiger partial charge in [0.25, 0.3) is 5.56 Å². The molecule has 0 saturated carbocycles. The fraction of sp³-hybridized carbons (Fsp3) is 0.385. The van der Waals surface area contributed by atoms with Crippen LogP contribution in [0.15, 0.2) is 26.7 Å². The van der Waals surface area contributed by atoms with E-state index in [1.54, 1.807) is 0 Å². The van der Waals surface area contributed by atoms with Gasteiger partial charge in [0.2, 0.25) is 10.0 Å². The van der Waals surface area contributed by atoms with Gasteiger partial charge in [-0.3, -0.25) is 19.6 Å². The summed E-state index contributed by atoms with van der Waals surface area (Å²) in [6.45, 7) is 0.0732. The maximum Gasteiger partial charge on any atom is 0.327 e. The van der Waals surface area contributed by atoms with E-state index in [2.05, 4.69) is 9.97 Å². The molecule has 1 unspecified atom stereocenters. The number of nitrogens with one attached hydrogen (secondary N) is 2. The predicted octanol–water partition coefficient (Wildman–Crippen LogP) is -0.903. The summed E-state index contributed by atoms with van der Waals surface area (Å²) in [7, 11) is -3.98. The topological polar surface area (TPSA) is 153 Å². The molecule has 24 heavy (non-hydrogen) atoms. The van der Waals surface area contributed by atoms with E-state index in [1.165, 1.54) is 0 Å². The summed E-state index contributed by atoms with van der Waals surface area (Å²) in [5.74, 6) is -1.80. The van der Waals surface area contributed by atoms with Crippen molar-refractivity contribution in [3.05, 3.63) is 33.1 Å². The molecule has 3 heterocycles. The van der Waals surface area contributed by atoms with E-state index in [9.17, 15) is 22.8 Å². The van der Waals surface area contributed by atoms with E-state index >= 15 is 0 Å². The number of hydrogen-bond acceptors (Lipinski definition) is 6. The number of carboxylic acid groups (broad SMARTS) is 1. The van der Waals surface area contributed by atoms with Crippen LogP contribution in [0, 0.1) is 5.92 Å². The smallest absolute Gasteiger partial charge is 0.327 e. The fourth-order valence-corrected chi connectivity index (χ4v) is 4.18. The summed E-state index contributed by atoms with van der Waals surface area (Å²) in [6, 6.07) is 1.12. The molecule has 2 aromatic heterocycles. The van der Waals surface area contributed by atoms with Crippen LogP contribution in [-0.4, -0.2) is 51.8 Å². The van der Waals surface area contributed by atoms with Crippen LogP contribution in [0.5, 0.6) is 0 Å². The largest absolute Gasteiger partial charge is 0.481 e. The summed E-state index contributed by atoms with van der Waals surface area (Å²) in [6.07, 6.45) is 1.89. The van der Waals surface area contributed by atoms with Gasteiger partial charge < -0.3 is 5.11 Å². The van der Waals surface area contributed by atoms with Gasteiger partial charge in [0.15, 0.2) is 0 Å². The first-order valence-electron chi connectivity index (χ1n) is 7.14. The van der Waals surface area contributed by atoms with Crippen LogP contribution in [0.3, 0.4) is 0 Å². The summed E-state index contributed by atoms with van der Waals surface area (Å²) in [5, 5.41) is 9.02. The quantitative estimate of drug-likeness (QED) is 0.645. The van der Waals surface area contributed by atoms with Crippen LogP contribution < -0.4 is 11.2 Å². The molecule has 10 nitrogen and oxygen atoms in total. The first-order valence-corrected chi connectivity index (χ1v) is 8.58. The zero-order valence-electron chi connectivity index (χ0n) is 12.4. The molecule has 0 aromatic carbocycles. The number of hydrogen-bond donors (Lipinski definition) is 3. The molecule has 2 aromatic rings. The highest BCUT2D eigenvalue weighted by molar-refractivity contribution is 7.89. The Labute approximate surface area is 135 Å². The van der Waals surface area contributed by atoms with Crippen LogP contribution in [0.4, 0.5) is 0 Å². The maximum atomic E-state index is 12.7. The Kier molecular flexibility index (Phi) is 3.97. The molecule has 1 atom stereocenters. The third kappa shape index (κ3) is 2.83. The minimum atomic E-state index is -3.98. The Bertz CT molecular complexity index is 1020. The average molecular weight is 354 g/mol. The Morgan fingerprint density at radius 3 is 2.79 bits per heavy atom. The van der Waals surface area contributed by atoms with Crippen molar-refractivity contribution in [2.24, 2.45) is 5.92 Å². The molecular weight excluding hydrogens is 340 g/mol. The van der Waals surface area contributed by atoms with Crippen LogP contribution >= 0.6 is 0 Å². The monoisotopic (exact) mass is 354 g/mol. The second kappa shape index (κ2) is 5.83. The molecule has 3 N–H and O–H groups in total. The minimum Gasteiger partial charge on any atom is -0.481 e. The molecule has 0 radical (unpaired) electrons. The lowest BCUT2D eigenvalue weighted by molar-refractivity contribution is -0.142. The number of piperidine rings is 1. The van der Waals surface area contributed by atoms with Crippen LogP contribution in [0.1, 0.15) is 12.8 Å². The first-order chi connectivity index (χ1) is 11.3. The summed E-state index contributed by atoms with van der Waals surface area (Å²) >= 11 is 0. The summed E-state index contributed by atoms with van der Waals surface area (Å²) < 4.78 is 26.5. The maximum absolute atomic E-state index is 12.7. The second-order valence-electron chi connectivity index (χ2n) is 5.52. The molecule has 1 fully saturated rings. The van der Waals surface area contributed by atoms with Crippen molar-refractivity contribution in [3.63, 3.8) is 0 Å². The van der Waals surface area contributed by atoms with Crippen molar-refractivity contribution in [1.29, 1.82) is 0 Å². The highest BCUT2D eigenvalue weighted by Crippen LogP contribution is 2.24. The third-order valence-corrected chi connectivity index (χ3v) is 5.77. The van der Waals surface area contributed by atoms with Gasteiger partial charge in [-0.25, -0.2) is 18.2 Å². The molecule has 0 spiro atoms. The van der Waals surface area contributed by atoms with E-state index in [0.717, 1.165) is 16.6 Å². The van der Waals surface area contributed by atoms with E-state index in [-0.39, 0.29) is 29.0 Å². The van der Waals surface area contributed by atoms with E-state index in [4.69, 9.17) is 5.11 Å². The molecule has 128 valence electrons. The van der Waals surface area contributed by atoms with Crippen molar-refractivity contribution in [1.82, 2.24) is 19.3 Å². The molecule has 11 heteroatoms. The van der Waals surface area contributed by atoms with Gasteiger partial charge in [-0.05, 0) is 18.9 Å². The zero-order valence-corrected chi connectivity index (χ0v) is 13.2. The van der Waals surface area contributed by atoms with Gasteiger partial charge in [0, 0.05) is 19.3 Å². The zero-order chi connectivity index (χ0) is 17.5. The van der Waals surface area contributed by atoms with Gasteiger partial charge in [-0.1, -0.05) is 0 Å². The normalized spacial score (nSPS) is 19.4. The number of carboxylic acids is 1. The Hall–Kier alpha value is -2.53. The SMILES string of the molecule is O=C(O)C1CCCN(S(=O)(=O)c2cnc3[nH]c(=O)[nH]c(=O)c3c2)C1. The van der Waals surface area contributed by atoms with Gasteiger partial charge in [0.1, 0.15) is 10.5 Å². The van der Waals surface area contributed by atoms with Crippen molar-refractivity contribution in [2.75, 3.05) is 13.1 Å². The summed E-state index contributed by atoms with van der Waals surface area (Å²) in [4.78, 5) is 42.0. The Morgan fingerprint density at radius 2 is 2.08 bits per heavy atom. The first kappa shape index (κ1) is 16.3. The fourth-order valence-electron chi connectivity index (χ4n) is 2.68. The van der Waals surface area contributed by atoms with E-state index in [1.807, 2.05) is 4.98 Å². The molecular formula is C13H14N4O6S. The van der Waals surface area contributed by atoms with Crippen molar-refractivity contribution in [3.8, 4) is 0 Å². The van der Waals surface area contributed by atoms with Crippen molar-refractivity contribution >= 4 is 27.0 Å². The van der Waals surface area contributed by atoms with E-state index in [0.29, 0.717) is 12.8 Å². The number of rotatable bonds is 3. The molecule has 0 aliphatic carbocycles. The van der Waals surface area contributed by atoms with Gasteiger partial charge >= 0.3 is 11.7 Å². The number of H-pyrrole nitrogens is 2. The van der Waals surface area contributed by atoms with Crippen molar-refractivity contribution < 1.29 is 18.3 Å². The standard InChI is InChI=1S/C13H14N4O6S/c18-11-9-4-8(5-14-10(9)15-13(21)16-11)24(22,23)17-3-1-2-7(6-17)12(19)20/h4-5,7H,1-3,6H2,(H,19,20)(H2,14,15,16,18,21). The van der Waals surface area contributed by atoms with E-state index < -0.39 is 33.2 Å². The molecule has 1 aliphatic rings. The Morgan fingerprint density at radius 1 is 1.33 bits per heavy atom. The molecule has 0 amide bonds. The lowest BCUT2D eigenvalue weighted by Crippen LogP contribution is -2.42. The lowest BCUT2D eigenvalue weighted by atomic mass is 10.0. The second-order valence-corrected chi connectivity index (χ2v) is 7.45. The average Bonchev–Trinajstić information content (AvgIpc) is 2.54. The highest BCUT2D eigenvalue weighted by atomic mass is 32.2. The predicted molar refractivity (Wildman–Crippen MR) is 82.1 cm³/mol. The van der Waals surface area contributed by atoms with Crippen molar-refractivity contribution in [2.45, 2.75) is 17.7 Å². The number of pyridine rings is 1. The highest BCUT2D eigenvalue weighted by Gasteiger charge is 2.33. The number of aromatic nitrogens is 3. The van der Waals surface area contributed by atoms with Crippen LogP contribution in [0.2, 0.25) is 0 Å². The van der Waals surface area contributed by atoms with Gasteiger partial charge in [0.05, 0.1) is 11.3 Å². The number of aliphatic carboxylic acids is 1. The number of sulfonamides is 1.